The molecule has 2 fully saturated rings. The van der Waals surface area contributed by atoms with Crippen molar-refractivity contribution in [2.45, 2.75) is 51.5 Å². The van der Waals surface area contributed by atoms with Crippen LogP contribution in [0.2, 0.25) is 0 Å². The van der Waals surface area contributed by atoms with Crippen LogP contribution >= 0.6 is 11.5 Å². The van der Waals surface area contributed by atoms with Crippen LogP contribution < -0.4 is 5.73 Å². The van der Waals surface area contributed by atoms with Gasteiger partial charge in [0, 0.05) is 24.5 Å². The largest absolute Gasteiger partial charge is 0.337 e. The van der Waals surface area contributed by atoms with Gasteiger partial charge in [-0.3, -0.25) is 4.79 Å². The van der Waals surface area contributed by atoms with Crippen LogP contribution in [0, 0.1) is 11.8 Å². The van der Waals surface area contributed by atoms with E-state index >= 15 is 0 Å². The molecular formula is C15H24N4OS. The van der Waals surface area contributed by atoms with Crippen LogP contribution in [0.15, 0.2) is 0 Å². The predicted octanol–water partition coefficient (Wildman–Crippen LogP) is 2.04. The quantitative estimate of drug-likeness (QED) is 0.861. The molecule has 1 aliphatic carbocycles. The molecule has 2 N–H and O–H groups in total. The van der Waals surface area contributed by atoms with Crippen molar-refractivity contribution in [2.75, 3.05) is 13.1 Å². The molecule has 1 aromatic heterocycles. The van der Waals surface area contributed by atoms with Gasteiger partial charge in [-0.15, -0.1) is 5.10 Å². The van der Waals surface area contributed by atoms with Crippen LogP contribution in [-0.2, 0) is 5.41 Å². The molecule has 2 aliphatic rings. The predicted molar refractivity (Wildman–Crippen MR) is 83.3 cm³/mol. The Labute approximate surface area is 130 Å². The lowest BCUT2D eigenvalue weighted by molar-refractivity contribution is 0.0786. The minimum absolute atomic E-state index is 0.109. The second kappa shape index (κ2) is 5.32. The van der Waals surface area contributed by atoms with Crippen molar-refractivity contribution in [3.8, 4) is 0 Å². The van der Waals surface area contributed by atoms with Gasteiger partial charge in [0.15, 0.2) is 0 Å². The lowest BCUT2D eigenvalue weighted by Crippen LogP contribution is -2.32. The molecule has 0 radical (unpaired) electrons. The zero-order valence-electron chi connectivity index (χ0n) is 13.0. The van der Waals surface area contributed by atoms with Gasteiger partial charge in [0.25, 0.3) is 5.91 Å². The highest BCUT2D eigenvalue weighted by Crippen LogP contribution is 2.37. The number of nitrogens with zero attached hydrogens (tertiary/aromatic N) is 3. The molecule has 1 aromatic rings. The maximum absolute atomic E-state index is 12.8. The number of amides is 1. The molecule has 6 heteroatoms. The Balaban J connectivity index is 1.77. The van der Waals surface area contributed by atoms with Gasteiger partial charge in [0.05, 0.1) is 5.69 Å². The number of rotatable bonds is 1. The minimum atomic E-state index is -0.146. The molecule has 2 heterocycles. The van der Waals surface area contributed by atoms with Gasteiger partial charge < -0.3 is 10.6 Å². The lowest BCUT2D eigenvalue weighted by atomic mass is 9.79. The van der Waals surface area contributed by atoms with E-state index in [0.717, 1.165) is 38.0 Å². The first-order valence-corrected chi connectivity index (χ1v) is 8.51. The molecule has 21 heavy (non-hydrogen) atoms. The molecule has 1 saturated heterocycles. The highest BCUT2D eigenvalue weighted by molar-refractivity contribution is 7.08. The van der Waals surface area contributed by atoms with Crippen molar-refractivity contribution in [2.24, 2.45) is 17.6 Å². The number of hydrogen-bond acceptors (Lipinski definition) is 5. The molecular weight excluding hydrogens is 284 g/mol. The summed E-state index contributed by atoms with van der Waals surface area (Å²) >= 11 is 1.23. The highest BCUT2D eigenvalue weighted by Gasteiger charge is 2.40. The summed E-state index contributed by atoms with van der Waals surface area (Å²) in [6.07, 6.45) is 3.31. The molecule has 1 unspecified atom stereocenters. The highest BCUT2D eigenvalue weighted by atomic mass is 32.1. The molecule has 0 spiro atoms. The van der Waals surface area contributed by atoms with Gasteiger partial charge in [0.2, 0.25) is 0 Å². The third-order valence-corrected chi connectivity index (χ3v) is 5.48. The Morgan fingerprint density at radius 1 is 1.29 bits per heavy atom. The monoisotopic (exact) mass is 308 g/mol. The van der Waals surface area contributed by atoms with Gasteiger partial charge in [-0.1, -0.05) is 25.3 Å². The van der Waals surface area contributed by atoms with E-state index in [9.17, 15) is 4.79 Å². The normalized spacial score (nSPS) is 29.5. The molecule has 0 bridgehead atoms. The summed E-state index contributed by atoms with van der Waals surface area (Å²) in [7, 11) is 0. The van der Waals surface area contributed by atoms with Gasteiger partial charge in [-0.2, -0.15) is 0 Å². The topological polar surface area (TPSA) is 72.1 Å². The van der Waals surface area contributed by atoms with E-state index in [1.807, 2.05) is 4.90 Å². The van der Waals surface area contributed by atoms with Gasteiger partial charge in [-0.25, -0.2) is 0 Å². The molecule has 0 aromatic carbocycles. The summed E-state index contributed by atoms with van der Waals surface area (Å²) in [6.45, 7) is 7.94. The zero-order valence-corrected chi connectivity index (χ0v) is 13.8. The summed E-state index contributed by atoms with van der Waals surface area (Å²) in [5.41, 5.74) is 6.74. The minimum Gasteiger partial charge on any atom is -0.337 e. The van der Waals surface area contributed by atoms with E-state index in [-0.39, 0.29) is 11.3 Å². The first-order chi connectivity index (χ1) is 9.86. The van der Waals surface area contributed by atoms with E-state index < -0.39 is 0 Å². The second-order valence-electron chi connectivity index (χ2n) is 7.50. The number of carbonyl (C=O) groups excluding carboxylic acids is 1. The molecule has 1 saturated carbocycles. The van der Waals surface area contributed by atoms with Crippen LogP contribution in [-0.4, -0.2) is 39.5 Å². The SMILES string of the molecule is CC(C)(C)c1nnsc1C(=O)N1C[C@H]2CCC(N)C[C@H]2C1. The molecule has 3 rings (SSSR count). The van der Waals surface area contributed by atoms with E-state index in [2.05, 4.69) is 30.4 Å². The van der Waals surface area contributed by atoms with Crippen LogP contribution in [0.1, 0.15) is 55.4 Å². The van der Waals surface area contributed by atoms with Crippen molar-refractivity contribution < 1.29 is 4.79 Å². The average molecular weight is 308 g/mol. The summed E-state index contributed by atoms with van der Waals surface area (Å²) < 4.78 is 4.01. The number of aromatic nitrogens is 2. The summed E-state index contributed by atoms with van der Waals surface area (Å²) in [4.78, 5) is 15.5. The number of hydrogen-bond donors (Lipinski definition) is 1. The molecule has 1 aliphatic heterocycles. The Morgan fingerprint density at radius 3 is 2.71 bits per heavy atom. The van der Waals surface area contributed by atoms with Gasteiger partial charge in [-0.05, 0) is 42.6 Å². The molecule has 1 amide bonds. The van der Waals surface area contributed by atoms with E-state index in [0.29, 0.717) is 22.8 Å². The fourth-order valence-electron chi connectivity index (χ4n) is 3.60. The van der Waals surface area contributed by atoms with Crippen molar-refractivity contribution in [3.05, 3.63) is 10.6 Å². The van der Waals surface area contributed by atoms with Crippen molar-refractivity contribution in [1.82, 2.24) is 14.5 Å². The lowest BCUT2D eigenvalue weighted by Gasteiger charge is -2.27. The third-order valence-electron chi connectivity index (χ3n) is 4.77. The third kappa shape index (κ3) is 2.83. The number of fused-ring (bicyclic) bond motifs is 1. The van der Waals surface area contributed by atoms with Crippen LogP contribution in [0.5, 0.6) is 0 Å². The summed E-state index contributed by atoms with van der Waals surface area (Å²) in [5.74, 6) is 1.32. The van der Waals surface area contributed by atoms with Gasteiger partial charge in [0.1, 0.15) is 4.88 Å². The zero-order chi connectivity index (χ0) is 15.2. The van der Waals surface area contributed by atoms with Crippen molar-refractivity contribution in [1.29, 1.82) is 0 Å². The first kappa shape index (κ1) is 14.9. The maximum Gasteiger partial charge on any atom is 0.267 e. The first-order valence-electron chi connectivity index (χ1n) is 7.74. The Hall–Kier alpha value is -1.01. The number of likely N-dealkylation sites (tertiary alicyclic amines) is 1. The Kier molecular flexibility index (Phi) is 3.78. The molecule has 3 atom stereocenters. The fourth-order valence-corrected chi connectivity index (χ4v) is 4.44. The number of nitrogens with two attached hydrogens (primary N) is 1. The van der Waals surface area contributed by atoms with Crippen LogP contribution in [0.4, 0.5) is 0 Å². The smallest absolute Gasteiger partial charge is 0.267 e. The van der Waals surface area contributed by atoms with Crippen LogP contribution in [0.25, 0.3) is 0 Å². The average Bonchev–Trinajstić information content (AvgIpc) is 3.02. The number of carbonyl (C=O) groups is 1. The summed E-state index contributed by atoms with van der Waals surface area (Å²) in [5, 5.41) is 4.18. The van der Waals surface area contributed by atoms with Crippen molar-refractivity contribution >= 4 is 17.4 Å². The van der Waals surface area contributed by atoms with Crippen molar-refractivity contribution in [3.63, 3.8) is 0 Å². The van der Waals surface area contributed by atoms with Crippen LogP contribution in [0.3, 0.4) is 0 Å². The molecule has 5 nitrogen and oxygen atoms in total. The standard InChI is InChI=1S/C15H24N4OS/c1-15(2,3)13-12(21-18-17-13)14(20)19-7-9-4-5-11(16)6-10(9)8-19/h9-11H,4-8,16H2,1-3H3/t9-,10+,11?/m1/s1. The van der Waals surface area contributed by atoms with E-state index in [4.69, 9.17) is 5.73 Å². The van der Waals surface area contributed by atoms with Gasteiger partial charge >= 0.3 is 0 Å². The van der Waals surface area contributed by atoms with E-state index in [1.165, 1.54) is 11.5 Å². The summed E-state index contributed by atoms with van der Waals surface area (Å²) in [6, 6.07) is 0.316. The Bertz CT molecular complexity index is 536. The van der Waals surface area contributed by atoms with E-state index in [1.54, 1.807) is 0 Å². The second-order valence-corrected chi connectivity index (χ2v) is 8.26. The fraction of sp³-hybridized carbons (Fsp3) is 0.800. The molecule has 116 valence electrons. The maximum atomic E-state index is 12.8. The Morgan fingerprint density at radius 2 is 2.00 bits per heavy atom.